The van der Waals surface area contributed by atoms with Crippen molar-refractivity contribution in [1.29, 1.82) is 0 Å². The number of aryl methyl sites for hydroxylation is 1. The molecule has 2 aromatic rings. The predicted molar refractivity (Wildman–Crippen MR) is 82.6 cm³/mol. The zero-order valence-electron chi connectivity index (χ0n) is 13.2. The van der Waals surface area contributed by atoms with Crippen LogP contribution in [0.4, 0.5) is 13.2 Å². The van der Waals surface area contributed by atoms with Gasteiger partial charge in [-0.15, -0.1) is 0 Å². The van der Waals surface area contributed by atoms with Gasteiger partial charge in [-0.05, 0) is 42.8 Å². The van der Waals surface area contributed by atoms with E-state index in [1.807, 2.05) is 4.72 Å². The summed E-state index contributed by atoms with van der Waals surface area (Å²) in [6.07, 6.45) is 0. The summed E-state index contributed by atoms with van der Waals surface area (Å²) in [4.78, 5) is 11.2. The number of benzene rings is 2. The summed E-state index contributed by atoms with van der Waals surface area (Å²) in [7, 11) is -3.61. The van der Waals surface area contributed by atoms with Crippen molar-refractivity contribution in [2.24, 2.45) is 0 Å². The lowest BCUT2D eigenvalue weighted by Gasteiger charge is -2.18. The Morgan fingerprint density at radius 3 is 2.36 bits per heavy atom. The van der Waals surface area contributed by atoms with Crippen LogP contribution in [0.15, 0.2) is 41.3 Å². The maximum absolute atomic E-state index is 14.0. The van der Waals surface area contributed by atoms with Crippen molar-refractivity contribution in [3.8, 4) is 0 Å². The molecule has 1 N–H and O–H groups in total. The first-order valence-corrected chi connectivity index (χ1v) is 8.45. The molecule has 0 bridgehead atoms. The van der Waals surface area contributed by atoms with Crippen LogP contribution in [0, 0.1) is 24.4 Å². The molecular weight excluding hydrogens is 359 g/mol. The number of rotatable bonds is 5. The molecule has 1 atom stereocenters. The quantitative estimate of drug-likeness (QED) is 0.818. The van der Waals surface area contributed by atoms with Gasteiger partial charge in [0.05, 0.1) is 7.11 Å². The van der Waals surface area contributed by atoms with Crippen molar-refractivity contribution in [2.45, 2.75) is 17.9 Å². The van der Waals surface area contributed by atoms with E-state index in [1.54, 1.807) is 6.92 Å². The molecule has 5 nitrogen and oxygen atoms in total. The van der Waals surface area contributed by atoms with Crippen molar-refractivity contribution < 1.29 is 31.1 Å². The van der Waals surface area contributed by atoms with Crippen molar-refractivity contribution in [3.63, 3.8) is 0 Å². The van der Waals surface area contributed by atoms with Crippen LogP contribution in [0.25, 0.3) is 0 Å². The number of sulfonamides is 1. The van der Waals surface area contributed by atoms with E-state index in [0.29, 0.717) is 11.6 Å². The molecule has 2 rings (SSSR count). The Hall–Kier alpha value is -2.39. The molecule has 0 aliphatic heterocycles. The van der Waals surface area contributed by atoms with Gasteiger partial charge in [0.1, 0.15) is 28.4 Å². The van der Waals surface area contributed by atoms with Crippen LogP contribution in [0.5, 0.6) is 0 Å². The first-order chi connectivity index (χ1) is 11.7. The molecule has 25 heavy (non-hydrogen) atoms. The number of ether oxygens (including phenoxy) is 1. The summed E-state index contributed by atoms with van der Waals surface area (Å²) in [5.41, 5.74) is -0.128. The van der Waals surface area contributed by atoms with Crippen LogP contribution in [-0.2, 0) is 19.6 Å². The molecule has 0 heterocycles. The van der Waals surface area contributed by atoms with E-state index in [1.165, 1.54) is 6.07 Å². The van der Waals surface area contributed by atoms with Gasteiger partial charge in [-0.25, -0.2) is 26.4 Å². The van der Waals surface area contributed by atoms with Gasteiger partial charge in [-0.1, -0.05) is 6.07 Å². The Balaban J connectivity index is 2.52. The highest BCUT2D eigenvalue weighted by Crippen LogP contribution is 2.24. The van der Waals surface area contributed by atoms with E-state index in [2.05, 4.69) is 4.74 Å². The highest BCUT2D eigenvalue weighted by molar-refractivity contribution is 7.89. The summed E-state index contributed by atoms with van der Waals surface area (Å²) in [5.74, 6) is -4.14. The Bertz CT molecular complexity index is 916. The number of hydrogen-bond acceptors (Lipinski definition) is 4. The average molecular weight is 373 g/mol. The van der Waals surface area contributed by atoms with Crippen LogP contribution in [0.3, 0.4) is 0 Å². The Labute approximate surface area is 142 Å². The lowest BCUT2D eigenvalue weighted by Crippen LogP contribution is -2.35. The molecular formula is C16H14F3NO4S. The molecule has 0 aliphatic carbocycles. The van der Waals surface area contributed by atoms with E-state index in [-0.39, 0.29) is 0 Å². The maximum Gasteiger partial charge on any atom is 0.328 e. The van der Waals surface area contributed by atoms with Gasteiger partial charge in [-0.3, -0.25) is 0 Å². The summed E-state index contributed by atoms with van der Waals surface area (Å²) >= 11 is 0. The molecule has 0 saturated heterocycles. The fourth-order valence-corrected chi connectivity index (χ4v) is 3.45. The van der Waals surface area contributed by atoms with Gasteiger partial charge in [0.2, 0.25) is 10.0 Å². The summed E-state index contributed by atoms with van der Waals surface area (Å²) in [5, 5.41) is 0. The second-order valence-electron chi connectivity index (χ2n) is 5.18. The summed E-state index contributed by atoms with van der Waals surface area (Å²) in [6.45, 7) is 1.54. The van der Waals surface area contributed by atoms with Crippen LogP contribution in [0.2, 0.25) is 0 Å². The van der Waals surface area contributed by atoms with Crippen molar-refractivity contribution in [2.75, 3.05) is 7.11 Å². The molecule has 0 aromatic heterocycles. The van der Waals surface area contributed by atoms with E-state index in [0.717, 1.165) is 31.4 Å². The minimum Gasteiger partial charge on any atom is -0.468 e. The monoisotopic (exact) mass is 373 g/mol. The molecule has 0 amide bonds. The third-order valence-electron chi connectivity index (χ3n) is 3.36. The molecule has 0 radical (unpaired) electrons. The van der Waals surface area contributed by atoms with E-state index in [9.17, 15) is 26.4 Å². The highest BCUT2D eigenvalue weighted by atomic mass is 32.2. The lowest BCUT2D eigenvalue weighted by atomic mass is 10.1. The number of carbonyl (C=O) groups excluding carboxylic acids is 1. The third kappa shape index (κ3) is 4.18. The van der Waals surface area contributed by atoms with Crippen LogP contribution in [-0.4, -0.2) is 21.5 Å². The Morgan fingerprint density at radius 2 is 1.72 bits per heavy atom. The molecule has 0 aliphatic rings. The van der Waals surface area contributed by atoms with Gasteiger partial charge in [0.25, 0.3) is 0 Å². The topological polar surface area (TPSA) is 72.5 Å². The molecule has 134 valence electrons. The summed E-state index contributed by atoms with van der Waals surface area (Å²) in [6, 6.07) is 3.67. The zero-order chi connectivity index (χ0) is 18.8. The Kier molecular flexibility index (Phi) is 5.48. The van der Waals surface area contributed by atoms with Crippen molar-refractivity contribution >= 4 is 16.0 Å². The van der Waals surface area contributed by atoms with Crippen LogP contribution in [0.1, 0.15) is 17.2 Å². The van der Waals surface area contributed by atoms with Gasteiger partial charge in [0.15, 0.2) is 0 Å². The standard InChI is InChI=1S/C16H14F3NO4S/c1-9-3-5-13(19)14(7-9)25(22,23)20-15(16(21)24-2)11-8-10(17)4-6-12(11)18/h3-8,15,20H,1-2H3. The minimum atomic E-state index is -4.56. The van der Waals surface area contributed by atoms with E-state index in [4.69, 9.17) is 0 Å². The van der Waals surface area contributed by atoms with Crippen molar-refractivity contribution in [1.82, 2.24) is 4.72 Å². The van der Waals surface area contributed by atoms with Crippen LogP contribution < -0.4 is 4.72 Å². The largest absolute Gasteiger partial charge is 0.468 e. The second kappa shape index (κ2) is 7.24. The van der Waals surface area contributed by atoms with E-state index < -0.39 is 49.9 Å². The van der Waals surface area contributed by atoms with Gasteiger partial charge >= 0.3 is 5.97 Å². The molecule has 0 saturated carbocycles. The fraction of sp³-hybridized carbons (Fsp3) is 0.188. The van der Waals surface area contributed by atoms with E-state index >= 15 is 0 Å². The number of hydrogen-bond donors (Lipinski definition) is 1. The normalized spacial score (nSPS) is 12.7. The number of esters is 1. The first-order valence-electron chi connectivity index (χ1n) is 6.97. The van der Waals surface area contributed by atoms with Gasteiger partial charge in [0, 0.05) is 5.56 Å². The SMILES string of the molecule is COC(=O)C(NS(=O)(=O)c1cc(C)ccc1F)c1cc(F)ccc1F. The van der Waals surface area contributed by atoms with Gasteiger partial charge in [-0.2, -0.15) is 4.72 Å². The Morgan fingerprint density at radius 1 is 1.08 bits per heavy atom. The zero-order valence-corrected chi connectivity index (χ0v) is 14.0. The molecule has 2 aromatic carbocycles. The molecule has 0 fully saturated rings. The first kappa shape index (κ1) is 18.9. The smallest absolute Gasteiger partial charge is 0.328 e. The lowest BCUT2D eigenvalue weighted by molar-refractivity contribution is -0.142. The number of nitrogens with one attached hydrogen (secondary N) is 1. The maximum atomic E-state index is 14.0. The number of halogens is 3. The number of methoxy groups -OCH3 is 1. The predicted octanol–water partition coefficient (Wildman–Crippen LogP) is 2.60. The highest BCUT2D eigenvalue weighted by Gasteiger charge is 2.32. The summed E-state index contributed by atoms with van der Waals surface area (Å²) < 4.78 is 72.4. The fourth-order valence-electron chi connectivity index (χ4n) is 2.13. The third-order valence-corrected chi connectivity index (χ3v) is 4.79. The van der Waals surface area contributed by atoms with Crippen LogP contribution >= 0.6 is 0 Å². The second-order valence-corrected chi connectivity index (χ2v) is 6.86. The van der Waals surface area contributed by atoms with Crippen molar-refractivity contribution in [3.05, 3.63) is 65.0 Å². The minimum absolute atomic E-state index is 0.452. The average Bonchev–Trinajstić information content (AvgIpc) is 2.56. The molecule has 9 heteroatoms. The molecule has 1 unspecified atom stereocenters. The van der Waals surface area contributed by atoms with Gasteiger partial charge < -0.3 is 4.74 Å². The number of carbonyl (C=O) groups is 1. The molecule has 0 spiro atoms.